The van der Waals surface area contributed by atoms with Crippen molar-refractivity contribution in [3.63, 3.8) is 0 Å². The third kappa shape index (κ3) is 1.54. The average molecular weight is 373 g/mol. The molecule has 150 valence electrons. The predicted octanol–water partition coefficient (Wildman–Crippen LogP) is 4.99. The number of rotatable bonds is 1. The quantitative estimate of drug-likeness (QED) is 0.682. The van der Waals surface area contributed by atoms with Crippen molar-refractivity contribution in [3.05, 3.63) is 11.8 Å². The van der Waals surface area contributed by atoms with E-state index in [-0.39, 0.29) is 22.9 Å². The molecule has 4 bridgehead atoms. The van der Waals surface area contributed by atoms with Crippen molar-refractivity contribution < 1.29 is 14.9 Å². The van der Waals surface area contributed by atoms with Crippen LogP contribution in [0.15, 0.2) is 11.8 Å². The van der Waals surface area contributed by atoms with E-state index in [9.17, 15) is 10.2 Å². The minimum Gasteiger partial charge on any atom is -0.512 e. The van der Waals surface area contributed by atoms with Gasteiger partial charge in [-0.15, -0.1) is 0 Å². The van der Waals surface area contributed by atoms with E-state index in [0.717, 1.165) is 6.42 Å². The van der Waals surface area contributed by atoms with Gasteiger partial charge in [0, 0.05) is 12.5 Å². The molecule has 2 spiro atoms. The zero-order valence-corrected chi connectivity index (χ0v) is 17.3. The van der Waals surface area contributed by atoms with Gasteiger partial charge in [-0.05, 0) is 85.5 Å². The molecule has 2 N–H and O–H groups in total. The molecular weight excluding hydrogens is 336 g/mol. The highest BCUT2D eigenvalue weighted by Gasteiger charge is 2.86. The second-order valence-electron chi connectivity index (χ2n) is 11.8. The summed E-state index contributed by atoms with van der Waals surface area (Å²) in [7, 11) is 1.69. The molecule has 3 heteroatoms. The van der Waals surface area contributed by atoms with Crippen molar-refractivity contribution >= 4 is 0 Å². The molecule has 5 fully saturated rings. The van der Waals surface area contributed by atoms with E-state index >= 15 is 0 Å². The summed E-state index contributed by atoms with van der Waals surface area (Å²) in [6, 6.07) is 0. The first kappa shape index (κ1) is 17.3. The zero-order valence-electron chi connectivity index (χ0n) is 17.3. The number of methoxy groups -OCH3 is 1. The summed E-state index contributed by atoms with van der Waals surface area (Å²) in [4.78, 5) is 0. The fourth-order valence-electron chi connectivity index (χ4n) is 10.6. The fraction of sp³-hybridized carbons (Fsp3) is 0.917. The Morgan fingerprint density at radius 2 is 1.81 bits per heavy atom. The first-order valence-corrected chi connectivity index (χ1v) is 11.4. The zero-order chi connectivity index (χ0) is 18.9. The van der Waals surface area contributed by atoms with Crippen molar-refractivity contribution in [2.24, 2.45) is 39.4 Å². The molecule has 0 aliphatic heterocycles. The molecule has 6 rings (SSSR count). The Morgan fingerprint density at radius 3 is 2.52 bits per heavy atom. The molecule has 8 atom stereocenters. The smallest absolute Gasteiger partial charge is 0.110 e. The lowest BCUT2D eigenvalue weighted by Gasteiger charge is -2.57. The molecule has 0 amide bonds. The maximum Gasteiger partial charge on any atom is 0.110 e. The average Bonchev–Trinajstić information content (AvgIpc) is 3.37. The summed E-state index contributed by atoms with van der Waals surface area (Å²) in [5.74, 6) is 1.37. The van der Waals surface area contributed by atoms with Crippen LogP contribution in [0.3, 0.4) is 0 Å². The van der Waals surface area contributed by atoms with Crippen molar-refractivity contribution in [3.8, 4) is 0 Å². The highest BCUT2D eigenvalue weighted by atomic mass is 16.5. The number of aliphatic hydroxyl groups is 2. The van der Waals surface area contributed by atoms with Crippen LogP contribution in [0.1, 0.15) is 78.1 Å². The molecule has 0 unspecified atom stereocenters. The summed E-state index contributed by atoms with van der Waals surface area (Å²) in [6.45, 7) is 4.90. The van der Waals surface area contributed by atoms with Crippen molar-refractivity contribution in [1.82, 2.24) is 0 Å². The molecule has 27 heavy (non-hydrogen) atoms. The first-order valence-electron chi connectivity index (χ1n) is 11.4. The number of ether oxygens (including phenoxy) is 1. The molecule has 6 aliphatic rings. The van der Waals surface area contributed by atoms with Gasteiger partial charge < -0.3 is 14.9 Å². The Labute approximate surface area is 163 Å². The first-order chi connectivity index (χ1) is 12.8. The molecule has 3 nitrogen and oxygen atoms in total. The van der Waals surface area contributed by atoms with Gasteiger partial charge in [0.25, 0.3) is 0 Å². The Hall–Kier alpha value is -0.540. The maximum absolute atomic E-state index is 12.2. The summed E-state index contributed by atoms with van der Waals surface area (Å²) in [5, 5.41) is 23.1. The van der Waals surface area contributed by atoms with Crippen LogP contribution in [0, 0.1) is 39.4 Å². The van der Waals surface area contributed by atoms with E-state index in [1.165, 1.54) is 57.8 Å². The van der Waals surface area contributed by atoms with Crippen LogP contribution in [0.4, 0.5) is 0 Å². The van der Waals surface area contributed by atoms with Crippen LogP contribution in [0.5, 0.6) is 0 Å². The Morgan fingerprint density at radius 1 is 1.07 bits per heavy atom. The molecule has 0 aromatic heterocycles. The highest BCUT2D eigenvalue weighted by molar-refractivity contribution is 5.41. The van der Waals surface area contributed by atoms with Crippen LogP contribution in [-0.4, -0.2) is 29.0 Å². The van der Waals surface area contributed by atoms with Gasteiger partial charge in [-0.2, -0.15) is 0 Å². The van der Waals surface area contributed by atoms with E-state index in [1.54, 1.807) is 7.11 Å². The summed E-state index contributed by atoms with van der Waals surface area (Å²) in [6.07, 6.45) is 15.0. The van der Waals surface area contributed by atoms with Gasteiger partial charge >= 0.3 is 0 Å². The SMILES string of the molecule is CO[C@@H]1C=C(O)[C@@H]2[C@@H]3[C@H]4CC[C@@]5(CCC6(CCCC6)C5)[C@]3(C)[C@](C)(C4)[C@]21O. The van der Waals surface area contributed by atoms with Crippen LogP contribution >= 0.6 is 0 Å². The molecule has 0 saturated heterocycles. The predicted molar refractivity (Wildman–Crippen MR) is 104 cm³/mol. The number of hydrogen-bond acceptors (Lipinski definition) is 3. The van der Waals surface area contributed by atoms with Gasteiger partial charge in [-0.25, -0.2) is 0 Å². The Bertz CT molecular complexity index is 723. The minimum atomic E-state index is -0.940. The summed E-state index contributed by atoms with van der Waals surface area (Å²) in [5.41, 5.74) is -0.0762. The Balaban J connectivity index is 1.51. The topological polar surface area (TPSA) is 49.7 Å². The van der Waals surface area contributed by atoms with E-state index in [1.807, 2.05) is 6.08 Å². The third-order valence-electron chi connectivity index (χ3n) is 11.6. The monoisotopic (exact) mass is 372 g/mol. The molecule has 5 saturated carbocycles. The molecule has 0 aromatic carbocycles. The molecule has 0 radical (unpaired) electrons. The normalized spacial score (nSPS) is 59.8. The lowest BCUT2D eigenvalue weighted by atomic mass is 9.48. The van der Waals surface area contributed by atoms with Crippen LogP contribution in [0.25, 0.3) is 0 Å². The van der Waals surface area contributed by atoms with Gasteiger partial charge in [0.2, 0.25) is 0 Å². The molecule has 0 aromatic rings. The fourth-order valence-corrected chi connectivity index (χ4v) is 10.6. The summed E-state index contributed by atoms with van der Waals surface area (Å²) < 4.78 is 5.77. The standard InChI is InChI=1S/C24H36O3/c1-20-13-15-6-9-23(11-10-22(14-23)7-4-5-8-22)21(20,2)18(15)19-16(25)12-17(27-3)24(19,20)26/h12,15,17-19,25-26H,4-11,13-14H2,1-3H3/t15-,17+,18-,19+,20-,21-,23-,24+/m0/s1. The Kier molecular flexibility index (Phi) is 3.07. The van der Waals surface area contributed by atoms with Crippen LogP contribution < -0.4 is 0 Å². The lowest BCUT2D eigenvalue weighted by Crippen LogP contribution is -2.59. The molecule has 0 heterocycles. The van der Waals surface area contributed by atoms with Gasteiger partial charge in [0.1, 0.15) is 11.7 Å². The van der Waals surface area contributed by atoms with E-state index in [4.69, 9.17) is 4.74 Å². The third-order valence-corrected chi connectivity index (χ3v) is 11.6. The van der Waals surface area contributed by atoms with Crippen molar-refractivity contribution in [1.29, 1.82) is 0 Å². The van der Waals surface area contributed by atoms with Gasteiger partial charge in [0.05, 0.1) is 11.7 Å². The highest BCUT2D eigenvalue weighted by Crippen LogP contribution is 2.87. The van der Waals surface area contributed by atoms with E-state index in [2.05, 4.69) is 13.8 Å². The molecule has 6 aliphatic carbocycles. The van der Waals surface area contributed by atoms with Crippen LogP contribution in [-0.2, 0) is 4.74 Å². The van der Waals surface area contributed by atoms with Crippen LogP contribution in [0.2, 0.25) is 0 Å². The number of aliphatic hydroxyl groups excluding tert-OH is 1. The minimum absolute atomic E-state index is 0.105. The van der Waals surface area contributed by atoms with E-state index < -0.39 is 5.60 Å². The second kappa shape index (κ2) is 4.78. The maximum atomic E-state index is 12.2. The van der Waals surface area contributed by atoms with E-state index in [0.29, 0.717) is 28.4 Å². The van der Waals surface area contributed by atoms with Gasteiger partial charge in [-0.3, -0.25) is 0 Å². The summed E-state index contributed by atoms with van der Waals surface area (Å²) >= 11 is 0. The van der Waals surface area contributed by atoms with Gasteiger partial charge in [0.15, 0.2) is 0 Å². The second-order valence-corrected chi connectivity index (χ2v) is 11.8. The van der Waals surface area contributed by atoms with Crippen molar-refractivity contribution in [2.75, 3.05) is 7.11 Å². The molecular formula is C24H36O3. The number of fused-ring (bicyclic) bond motifs is 2. The largest absolute Gasteiger partial charge is 0.512 e. The lowest BCUT2D eigenvalue weighted by molar-refractivity contribution is -0.181. The number of hydrogen-bond donors (Lipinski definition) is 2. The van der Waals surface area contributed by atoms with Gasteiger partial charge in [-0.1, -0.05) is 26.7 Å². The van der Waals surface area contributed by atoms with Crippen molar-refractivity contribution in [2.45, 2.75) is 89.8 Å².